The van der Waals surface area contributed by atoms with Gasteiger partial charge in [-0.3, -0.25) is 0 Å². The van der Waals surface area contributed by atoms with Gasteiger partial charge in [0.2, 0.25) is 0 Å². The minimum absolute atomic E-state index is 0.228. The van der Waals surface area contributed by atoms with Crippen LogP contribution in [0.2, 0.25) is 0 Å². The highest BCUT2D eigenvalue weighted by Crippen LogP contribution is 2.32. The number of anilines is 2. The first-order chi connectivity index (χ1) is 8.49. The average molecular weight is 439 g/mol. The first kappa shape index (κ1) is 13.8. The van der Waals surface area contributed by atoms with Gasteiger partial charge in [-0.2, -0.15) is 4.37 Å². The summed E-state index contributed by atoms with van der Waals surface area (Å²) in [5.74, 6) is -0.967. The van der Waals surface area contributed by atoms with Crippen LogP contribution in [0.4, 0.5) is 10.7 Å². The molecule has 0 radical (unpaired) electrons. The van der Waals surface area contributed by atoms with Crippen LogP contribution in [-0.2, 0) is 0 Å². The summed E-state index contributed by atoms with van der Waals surface area (Å²) in [6, 6.07) is 5.82. The van der Waals surface area contributed by atoms with Crippen molar-refractivity contribution in [1.29, 1.82) is 0 Å². The maximum Gasteiger partial charge on any atom is 0.340 e. The van der Waals surface area contributed by atoms with Crippen molar-refractivity contribution in [3.8, 4) is 0 Å². The molecule has 0 bridgehead atoms. The quantitative estimate of drug-likeness (QED) is 0.703. The van der Waals surface area contributed by atoms with Gasteiger partial charge in [0.1, 0.15) is 10.6 Å². The Morgan fingerprint density at radius 3 is 2.94 bits per heavy atom. The Bertz CT molecular complexity index is 615. The average Bonchev–Trinajstić information content (AvgIpc) is 2.65. The number of aromatic carboxylic acids is 1. The molecule has 0 unspecified atom stereocenters. The second kappa shape index (κ2) is 5.54. The largest absolute Gasteiger partial charge is 0.478 e. The van der Waals surface area contributed by atoms with Crippen molar-refractivity contribution in [3.63, 3.8) is 0 Å². The van der Waals surface area contributed by atoms with Crippen molar-refractivity contribution in [2.45, 2.75) is 6.92 Å². The molecule has 0 spiro atoms. The van der Waals surface area contributed by atoms with Gasteiger partial charge in [-0.1, -0.05) is 0 Å². The van der Waals surface area contributed by atoms with E-state index in [1.165, 1.54) is 0 Å². The molecular formula is C11H8BrIN2O2S. The number of rotatable bonds is 3. The van der Waals surface area contributed by atoms with E-state index in [0.29, 0.717) is 10.7 Å². The molecule has 0 aliphatic carbocycles. The first-order valence-electron chi connectivity index (χ1n) is 4.90. The number of aryl methyl sites for hydroxylation is 1. The summed E-state index contributed by atoms with van der Waals surface area (Å²) < 4.78 is 6.01. The number of hydrogen-bond donors (Lipinski definition) is 2. The lowest BCUT2D eigenvalue weighted by Gasteiger charge is -2.07. The SMILES string of the molecule is Cc1nsc(Nc2cc(I)ccc2Br)c1C(=O)O. The molecule has 1 aromatic carbocycles. The normalized spacial score (nSPS) is 10.4. The molecule has 0 atom stereocenters. The number of carboxylic acids is 1. The maximum absolute atomic E-state index is 11.2. The van der Waals surface area contributed by atoms with Crippen LogP contribution in [0.1, 0.15) is 16.1 Å². The third-order valence-corrected chi connectivity index (χ3v) is 4.47. The molecule has 2 rings (SSSR count). The number of benzene rings is 1. The lowest BCUT2D eigenvalue weighted by atomic mass is 10.2. The minimum atomic E-state index is -0.967. The van der Waals surface area contributed by atoms with Gasteiger partial charge in [-0.15, -0.1) is 0 Å². The molecule has 0 amide bonds. The fourth-order valence-electron chi connectivity index (χ4n) is 1.42. The first-order valence-corrected chi connectivity index (χ1v) is 7.55. The highest BCUT2D eigenvalue weighted by atomic mass is 127. The van der Waals surface area contributed by atoms with E-state index in [1.54, 1.807) is 6.92 Å². The number of nitrogens with zero attached hydrogens (tertiary/aromatic N) is 1. The Morgan fingerprint density at radius 1 is 1.56 bits per heavy atom. The van der Waals surface area contributed by atoms with Crippen molar-refractivity contribution < 1.29 is 9.90 Å². The van der Waals surface area contributed by atoms with E-state index in [1.807, 2.05) is 18.2 Å². The summed E-state index contributed by atoms with van der Waals surface area (Å²) in [6.07, 6.45) is 0. The monoisotopic (exact) mass is 438 g/mol. The standard InChI is InChI=1S/C11H8BrIN2O2S/c1-5-9(11(16)17)10(18-15-5)14-8-4-6(13)2-3-7(8)12/h2-4,14H,1H3,(H,16,17). The second-order valence-corrected chi connectivity index (χ2v) is 6.40. The summed E-state index contributed by atoms with van der Waals surface area (Å²) in [7, 11) is 0. The summed E-state index contributed by atoms with van der Waals surface area (Å²) in [5, 5.41) is 12.8. The Kier molecular flexibility index (Phi) is 4.23. The third-order valence-electron chi connectivity index (χ3n) is 2.25. The van der Waals surface area contributed by atoms with Gasteiger partial charge in [-0.25, -0.2) is 4.79 Å². The lowest BCUT2D eigenvalue weighted by molar-refractivity contribution is 0.0697. The zero-order valence-corrected chi connectivity index (χ0v) is 13.8. The number of hydrogen-bond acceptors (Lipinski definition) is 4. The maximum atomic E-state index is 11.2. The molecule has 0 saturated carbocycles. The van der Waals surface area contributed by atoms with Gasteiger partial charge in [0, 0.05) is 8.04 Å². The topological polar surface area (TPSA) is 62.2 Å². The van der Waals surface area contributed by atoms with Gasteiger partial charge >= 0.3 is 5.97 Å². The molecule has 2 N–H and O–H groups in total. The number of carboxylic acid groups (broad SMARTS) is 1. The number of carbonyl (C=O) groups is 1. The van der Waals surface area contributed by atoms with Gasteiger partial charge < -0.3 is 10.4 Å². The van der Waals surface area contributed by atoms with Crippen molar-refractivity contribution in [3.05, 3.63) is 37.5 Å². The van der Waals surface area contributed by atoms with Crippen LogP contribution in [0, 0.1) is 10.5 Å². The predicted molar refractivity (Wildman–Crippen MR) is 84.0 cm³/mol. The molecule has 18 heavy (non-hydrogen) atoms. The Labute approximate surface area is 130 Å². The summed E-state index contributed by atoms with van der Waals surface area (Å²) >= 11 is 6.78. The smallest absolute Gasteiger partial charge is 0.340 e. The van der Waals surface area contributed by atoms with Crippen molar-refractivity contribution in [1.82, 2.24) is 4.37 Å². The highest BCUT2D eigenvalue weighted by Gasteiger charge is 2.18. The van der Waals surface area contributed by atoms with E-state index in [-0.39, 0.29) is 5.56 Å². The summed E-state index contributed by atoms with van der Waals surface area (Å²) in [5.41, 5.74) is 1.58. The van der Waals surface area contributed by atoms with Crippen LogP contribution in [0.15, 0.2) is 22.7 Å². The van der Waals surface area contributed by atoms with Crippen LogP contribution in [-0.4, -0.2) is 15.4 Å². The summed E-state index contributed by atoms with van der Waals surface area (Å²) in [4.78, 5) is 11.2. The van der Waals surface area contributed by atoms with Crippen molar-refractivity contribution >= 4 is 66.7 Å². The minimum Gasteiger partial charge on any atom is -0.478 e. The molecule has 1 aromatic heterocycles. The molecule has 1 heterocycles. The van der Waals surface area contributed by atoms with E-state index < -0.39 is 5.97 Å². The van der Waals surface area contributed by atoms with Gasteiger partial charge in [0.05, 0.1) is 11.4 Å². The van der Waals surface area contributed by atoms with Gasteiger partial charge in [0.15, 0.2) is 0 Å². The van der Waals surface area contributed by atoms with Gasteiger partial charge in [-0.05, 0) is 75.2 Å². The molecular weight excluding hydrogens is 431 g/mol. The molecule has 0 aliphatic heterocycles. The lowest BCUT2D eigenvalue weighted by Crippen LogP contribution is -2.01. The van der Waals surface area contributed by atoms with Crippen LogP contribution >= 0.6 is 50.1 Å². The van der Waals surface area contributed by atoms with Crippen LogP contribution < -0.4 is 5.32 Å². The van der Waals surface area contributed by atoms with Crippen molar-refractivity contribution in [2.75, 3.05) is 5.32 Å². The molecule has 94 valence electrons. The highest BCUT2D eigenvalue weighted by molar-refractivity contribution is 14.1. The van der Waals surface area contributed by atoms with Crippen LogP contribution in [0.5, 0.6) is 0 Å². The molecule has 2 aromatic rings. The van der Waals surface area contributed by atoms with E-state index in [0.717, 1.165) is 25.3 Å². The fourth-order valence-corrected chi connectivity index (χ4v) is 3.06. The van der Waals surface area contributed by atoms with Crippen LogP contribution in [0.3, 0.4) is 0 Å². The van der Waals surface area contributed by atoms with Gasteiger partial charge in [0.25, 0.3) is 0 Å². The molecule has 0 saturated heterocycles. The molecule has 0 aliphatic rings. The zero-order chi connectivity index (χ0) is 13.3. The Hall–Kier alpha value is -0.670. The van der Waals surface area contributed by atoms with E-state index >= 15 is 0 Å². The number of nitrogens with one attached hydrogen (secondary N) is 1. The number of halogens is 2. The summed E-state index contributed by atoms with van der Waals surface area (Å²) in [6.45, 7) is 1.69. The van der Waals surface area contributed by atoms with E-state index in [2.05, 4.69) is 48.2 Å². The molecule has 4 nitrogen and oxygen atoms in total. The van der Waals surface area contributed by atoms with E-state index in [9.17, 15) is 4.79 Å². The third kappa shape index (κ3) is 2.83. The van der Waals surface area contributed by atoms with Crippen molar-refractivity contribution in [2.24, 2.45) is 0 Å². The van der Waals surface area contributed by atoms with E-state index in [4.69, 9.17) is 5.11 Å². The predicted octanol–water partition coefficient (Wildman–Crippen LogP) is 4.26. The molecule has 7 heteroatoms. The Balaban J connectivity index is 2.40. The Morgan fingerprint density at radius 2 is 2.28 bits per heavy atom. The second-order valence-electron chi connectivity index (χ2n) is 3.53. The fraction of sp³-hybridized carbons (Fsp3) is 0.0909. The number of aromatic nitrogens is 1. The molecule has 0 fully saturated rings. The zero-order valence-electron chi connectivity index (χ0n) is 9.20. The van der Waals surface area contributed by atoms with Crippen LogP contribution in [0.25, 0.3) is 0 Å².